The zero-order valence-electron chi connectivity index (χ0n) is 20.2. The van der Waals surface area contributed by atoms with Gasteiger partial charge in [0.1, 0.15) is 0 Å². The molecule has 172 valence electrons. The van der Waals surface area contributed by atoms with Gasteiger partial charge in [-0.2, -0.15) is 0 Å². The summed E-state index contributed by atoms with van der Waals surface area (Å²) in [4.78, 5) is 0. The Morgan fingerprint density at radius 2 is 0.710 bits per heavy atom. The lowest BCUT2D eigenvalue weighted by atomic mass is 10.3. The van der Waals surface area contributed by atoms with Gasteiger partial charge in [-0.25, -0.2) is 0 Å². The molecule has 0 saturated heterocycles. The zero-order chi connectivity index (χ0) is 23.4. The molecular formula is C22H34O7Si2. The van der Waals surface area contributed by atoms with Crippen molar-refractivity contribution in [2.24, 2.45) is 0 Å². The van der Waals surface area contributed by atoms with Gasteiger partial charge in [-0.3, -0.25) is 0 Å². The van der Waals surface area contributed by atoms with Crippen molar-refractivity contribution in [1.29, 1.82) is 0 Å². The van der Waals surface area contributed by atoms with Gasteiger partial charge in [-0.05, 0) is 60.8 Å². The fraction of sp³-hybridized carbons (Fsp3) is 0.455. The van der Waals surface area contributed by atoms with Gasteiger partial charge in [0.25, 0.3) is 0 Å². The number of rotatable bonds is 10. The monoisotopic (exact) mass is 466 g/mol. The van der Waals surface area contributed by atoms with Gasteiger partial charge in [0.2, 0.25) is 28.1 Å². The Bertz CT molecular complexity index is 789. The number of methoxy groups -OCH3 is 6. The molecule has 0 bridgehead atoms. The second-order valence-corrected chi connectivity index (χ2v) is 16.0. The molecule has 0 aliphatic rings. The molecule has 0 N–H and O–H groups in total. The van der Waals surface area contributed by atoms with Gasteiger partial charge in [0, 0.05) is 0 Å². The Morgan fingerprint density at radius 1 is 0.452 bits per heavy atom. The molecule has 0 heterocycles. The lowest BCUT2D eigenvalue weighted by Crippen LogP contribution is -2.57. The quantitative estimate of drug-likeness (QED) is 0.498. The van der Waals surface area contributed by atoms with Crippen LogP contribution in [-0.4, -0.2) is 59.3 Å². The zero-order valence-corrected chi connectivity index (χ0v) is 22.2. The standard InChI is InChI=1S/C22H34O7Si2/c1-23-17-11-15(12-18(24-2)21(17)27-5)30(7,8)29-31(9,10)16-13-19(25-3)22(28-6)20(14-16)26-4/h11-14H,1-10H3. The Labute approximate surface area is 187 Å². The molecule has 0 fully saturated rings. The smallest absolute Gasteiger partial charge is 0.206 e. The van der Waals surface area contributed by atoms with E-state index in [0.717, 1.165) is 10.4 Å². The summed E-state index contributed by atoms with van der Waals surface area (Å²) in [6.45, 7) is 8.67. The van der Waals surface area contributed by atoms with E-state index in [1.165, 1.54) is 0 Å². The molecule has 2 aromatic carbocycles. The first-order valence-electron chi connectivity index (χ1n) is 9.89. The van der Waals surface area contributed by atoms with Crippen molar-refractivity contribution in [1.82, 2.24) is 0 Å². The van der Waals surface area contributed by atoms with Crippen LogP contribution in [0.5, 0.6) is 34.5 Å². The minimum atomic E-state index is -2.37. The normalized spacial score (nSPS) is 11.7. The van der Waals surface area contributed by atoms with Crippen LogP contribution in [0.15, 0.2) is 24.3 Å². The number of hydrogen-bond acceptors (Lipinski definition) is 7. The van der Waals surface area contributed by atoms with E-state index in [-0.39, 0.29) is 0 Å². The number of hydrogen-bond donors (Lipinski definition) is 0. The van der Waals surface area contributed by atoms with Crippen LogP contribution in [-0.2, 0) is 4.12 Å². The maximum Gasteiger partial charge on any atom is 0.206 e. The van der Waals surface area contributed by atoms with E-state index >= 15 is 0 Å². The predicted octanol–water partition coefficient (Wildman–Crippen LogP) is 3.28. The maximum atomic E-state index is 6.92. The predicted molar refractivity (Wildman–Crippen MR) is 128 cm³/mol. The second kappa shape index (κ2) is 9.84. The van der Waals surface area contributed by atoms with Crippen LogP contribution in [0, 0.1) is 0 Å². The van der Waals surface area contributed by atoms with Crippen LogP contribution >= 0.6 is 0 Å². The topological polar surface area (TPSA) is 64.6 Å². The second-order valence-electron chi connectivity index (χ2n) is 7.95. The highest BCUT2D eigenvalue weighted by Gasteiger charge is 2.38. The molecule has 0 aliphatic heterocycles. The summed E-state index contributed by atoms with van der Waals surface area (Å²) in [6, 6.07) is 7.92. The highest BCUT2D eigenvalue weighted by atomic mass is 28.4. The molecule has 0 amide bonds. The van der Waals surface area contributed by atoms with Crippen molar-refractivity contribution in [3.63, 3.8) is 0 Å². The fourth-order valence-electron chi connectivity index (χ4n) is 3.61. The molecule has 0 radical (unpaired) electrons. The average molecular weight is 467 g/mol. The van der Waals surface area contributed by atoms with Gasteiger partial charge in [0.15, 0.2) is 23.0 Å². The summed E-state index contributed by atoms with van der Waals surface area (Å²) >= 11 is 0. The molecule has 0 unspecified atom stereocenters. The van der Waals surface area contributed by atoms with Crippen molar-refractivity contribution in [2.45, 2.75) is 26.2 Å². The van der Waals surface area contributed by atoms with Gasteiger partial charge in [-0.1, -0.05) is 0 Å². The Kier molecular flexibility index (Phi) is 7.90. The third-order valence-electron chi connectivity index (χ3n) is 5.23. The molecule has 0 spiro atoms. The van der Waals surface area contributed by atoms with Gasteiger partial charge in [-0.15, -0.1) is 0 Å². The largest absolute Gasteiger partial charge is 0.493 e. The van der Waals surface area contributed by atoms with E-state index in [9.17, 15) is 0 Å². The number of ether oxygens (including phenoxy) is 6. The van der Waals surface area contributed by atoms with Crippen LogP contribution in [0.4, 0.5) is 0 Å². The summed E-state index contributed by atoms with van der Waals surface area (Å²) in [5.74, 6) is 3.61. The van der Waals surface area contributed by atoms with Crippen LogP contribution < -0.4 is 38.8 Å². The van der Waals surface area contributed by atoms with Crippen molar-refractivity contribution in [3.8, 4) is 34.5 Å². The van der Waals surface area contributed by atoms with E-state index in [2.05, 4.69) is 26.2 Å². The molecule has 31 heavy (non-hydrogen) atoms. The van der Waals surface area contributed by atoms with E-state index in [1.807, 2.05) is 24.3 Å². The van der Waals surface area contributed by atoms with Crippen molar-refractivity contribution < 1.29 is 32.5 Å². The molecule has 2 aromatic rings. The lowest BCUT2D eigenvalue weighted by Gasteiger charge is -2.35. The molecule has 2 rings (SSSR count). The minimum absolute atomic E-state index is 0.569. The van der Waals surface area contributed by atoms with Gasteiger partial charge < -0.3 is 32.5 Å². The fourth-order valence-corrected chi connectivity index (χ4v) is 11.6. The molecule has 0 aromatic heterocycles. The molecule has 0 atom stereocenters. The highest BCUT2D eigenvalue weighted by Crippen LogP contribution is 2.38. The maximum absolute atomic E-state index is 6.92. The first kappa shape index (κ1) is 24.9. The van der Waals surface area contributed by atoms with Crippen molar-refractivity contribution in [2.75, 3.05) is 42.7 Å². The summed E-state index contributed by atoms with van der Waals surface area (Å²) in [6.07, 6.45) is 0. The van der Waals surface area contributed by atoms with Crippen LogP contribution in [0.1, 0.15) is 0 Å². The number of benzene rings is 2. The first-order chi connectivity index (χ1) is 14.6. The Balaban J connectivity index is 2.51. The summed E-state index contributed by atoms with van der Waals surface area (Å²) in [5, 5.41) is 2.10. The van der Waals surface area contributed by atoms with Crippen molar-refractivity contribution in [3.05, 3.63) is 24.3 Å². The third-order valence-corrected chi connectivity index (χ3v) is 12.7. The minimum Gasteiger partial charge on any atom is -0.493 e. The van der Waals surface area contributed by atoms with Crippen molar-refractivity contribution >= 4 is 27.0 Å². The van der Waals surface area contributed by atoms with E-state index < -0.39 is 16.6 Å². The lowest BCUT2D eigenvalue weighted by molar-refractivity contribution is 0.324. The van der Waals surface area contributed by atoms with Crippen LogP contribution in [0.25, 0.3) is 0 Å². The van der Waals surface area contributed by atoms with E-state index in [1.54, 1.807) is 42.7 Å². The van der Waals surface area contributed by atoms with E-state index in [0.29, 0.717) is 34.5 Å². The molecule has 9 heteroatoms. The molecular weight excluding hydrogens is 432 g/mol. The molecule has 0 aliphatic carbocycles. The molecule has 7 nitrogen and oxygen atoms in total. The highest BCUT2D eigenvalue weighted by molar-refractivity contribution is 6.97. The SMILES string of the molecule is COc1cc([Si](C)(C)O[Si](C)(C)c2cc(OC)c(OC)c(OC)c2)cc(OC)c1OC. The third kappa shape index (κ3) is 5.11. The molecule has 0 saturated carbocycles. The summed E-state index contributed by atoms with van der Waals surface area (Å²) in [5.41, 5.74) is 0. The van der Waals surface area contributed by atoms with Gasteiger partial charge in [0.05, 0.1) is 42.7 Å². The van der Waals surface area contributed by atoms with Gasteiger partial charge >= 0.3 is 0 Å². The van der Waals surface area contributed by atoms with Crippen LogP contribution in [0.3, 0.4) is 0 Å². The summed E-state index contributed by atoms with van der Waals surface area (Å²) < 4.78 is 40.0. The Hall–Kier alpha value is -2.37. The summed E-state index contributed by atoms with van der Waals surface area (Å²) in [7, 11) is 4.91. The first-order valence-corrected chi connectivity index (χ1v) is 15.7. The average Bonchev–Trinajstić information content (AvgIpc) is 2.75. The Morgan fingerprint density at radius 3 is 0.903 bits per heavy atom. The van der Waals surface area contributed by atoms with E-state index in [4.69, 9.17) is 32.5 Å². The van der Waals surface area contributed by atoms with Crippen LogP contribution in [0.2, 0.25) is 26.2 Å².